The largest absolute Gasteiger partial charge is 0.497 e. The number of methoxy groups -OCH3 is 2. The lowest BCUT2D eigenvalue weighted by Crippen LogP contribution is -2.25. The number of hydrogen-bond acceptors (Lipinski definition) is 5. The van der Waals surface area contributed by atoms with E-state index < -0.39 is 5.97 Å². The fourth-order valence-electron chi connectivity index (χ4n) is 2.44. The second kappa shape index (κ2) is 12.8. The topological polar surface area (TPSA) is 114 Å². The molecule has 0 heterocycles. The van der Waals surface area contributed by atoms with E-state index in [1.54, 1.807) is 30.3 Å². The Labute approximate surface area is 176 Å². The molecule has 0 fully saturated rings. The van der Waals surface area contributed by atoms with E-state index in [0.717, 1.165) is 0 Å². The van der Waals surface area contributed by atoms with Crippen LogP contribution in [0.5, 0.6) is 11.5 Å². The fraction of sp³-hybridized carbons (Fsp3) is 0.318. The smallest absolute Gasteiger partial charge is 0.335 e. The molecule has 0 unspecified atom stereocenters. The monoisotopic (exact) mass is 416 g/mol. The number of aromatic carboxylic acids is 1. The van der Waals surface area contributed by atoms with Crippen LogP contribution in [-0.4, -0.2) is 43.7 Å². The lowest BCUT2D eigenvalue weighted by atomic mass is 10.1. The summed E-state index contributed by atoms with van der Waals surface area (Å²) in [7, 11) is 3.00. The molecule has 0 spiro atoms. The molecule has 162 valence electrons. The maximum Gasteiger partial charge on any atom is 0.335 e. The van der Waals surface area contributed by atoms with Gasteiger partial charge in [0.25, 0.3) is 5.91 Å². The highest BCUT2D eigenvalue weighted by Crippen LogP contribution is 2.22. The van der Waals surface area contributed by atoms with Crippen LogP contribution in [0.2, 0.25) is 0 Å². The maximum absolute atomic E-state index is 12.2. The second-order valence-corrected chi connectivity index (χ2v) is 5.89. The van der Waals surface area contributed by atoms with Crippen LogP contribution in [0.3, 0.4) is 0 Å². The van der Waals surface area contributed by atoms with Gasteiger partial charge in [-0.15, -0.1) is 0 Å². The molecule has 0 bridgehead atoms. The number of carboxylic acids is 1. The van der Waals surface area contributed by atoms with Gasteiger partial charge in [-0.05, 0) is 36.8 Å². The molecule has 8 nitrogen and oxygen atoms in total. The molecule has 2 rings (SSSR count). The molecule has 0 aliphatic rings. The van der Waals surface area contributed by atoms with E-state index in [0.29, 0.717) is 35.7 Å². The predicted octanol–water partition coefficient (Wildman–Crippen LogP) is 3.58. The van der Waals surface area contributed by atoms with Crippen molar-refractivity contribution in [3.05, 3.63) is 53.6 Å². The Bertz CT molecular complexity index is 844. The zero-order valence-corrected chi connectivity index (χ0v) is 17.7. The molecular formula is C22H28N2O6. The summed E-state index contributed by atoms with van der Waals surface area (Å²) in [5.74, 6) is -0.612. The normalized spacial score (nSPS) is 9.60. The number of carboxylic acid groups (broad SMARTS) is 1. The van der Waals surface area contributed by atoms with Crippen LogP contribution in [0.25, 0.3) is 0 Å². The number of nitrogens with one attached hydrogen (secondary N) is 2. The molecule has 0 aromatic heterocycles. The average Bonchev–Trinajstić information content (AvgIpc) is 2.77. The summed E-state index contributed by atoms with van der Waals surface area (Å²) in [5, 5.41) is 14.3. The average molecular weight is 416 g/mol. The Balaban J connectivity index is 0.00000218. The Hall–Kier alpha value is -3.55. The van der Waals surface area contributed by atoms with Gasteiger partial charge in [0.1, 0.15) is 11.5 Å². The van der Waals surface area contributed by atoms with Crippen molar-refractivity contribution >= 4 is 23.5 Å². The summed E-state index contributed by atoms with van der Waals surface area (Å²) in [4.78, 5) is 35.2. The minimum atomic E-state index is -1.06. The molecule has 0 aliphatic heterocycles. The van der Waals surface area contributed by atoms with Crippen molar-refractivity contribution in [2.75, 3.05) is 26.1 Å². The van der Waals surface area contributed by atoms with Crippen LogP contribution in [0, 0.1) is 0 Å². The van der Waals surface area contributed by atoms with E-state index in [4.69, 9.17) is 14.6 Å². The summed E-state index contributed by atoms with van der Waals surface area (Å²) in [6.07, 6.45) is 0.607. The van der Waals surface area contributed by atoms with Crippen molar-refractivity contribution in [3.8, 4) is 11.5 Å². The van der Waals surface area contributed by atoms with E-state index in [1.807, 2.05) is 13.8 Å². The molecular weight excluding hydrogens is 388 g/mol. The third kappa shape index (κ3) is 7.83. The van der Waals surface area contributed by atoms with Crippen LogP contribution in [0.4, 0.5) is 5.69 Å². The first-order valence-corrected chi connectivity index (χ1v) is 9.57. The Morgan fingerprint density at radius 1 is 0.933 bits per heavy atom. The summed E-state index contributed by atoms with van der Waals surface area (Å²) in [5.41, 5.74) is 0.905. The highest BCUT2D eigenvalue weighted by atomic mass is 16.5. The number of benzene rings is 2. The van der Waals surface area contributed by atoms with Crippen LogP contribution in [0.15, 0.2) is 42.5 Å². The van der Waals surface area contributed by atoms with Crippen molar-refractivity contribution in [3.63, 3.8) is 0 Å². The molecule has 0 aliphatic carbocycles. The van der Waals surface area contributed by atoms with E-state index in [-0.39, 0.29) is 23.8 Å². The lowest BCUT2D eigenvalue weighted by Gasteiger charge is -2.09. The number of carbonyl (C=O) groups excluding carboxylic acids is 2. The zero-order valence-electron chi connectivity index (χ0n) is 17.7. The van der Waals surface area contributed by atoms with Gasteiger partial charge in [0.15, 0.2) is 0 Å². The third-order valence-corrected chi connectivity index (χ3v) is 3.87. The third-order valence-electron chi connectivity index (χ3n) is 3.87. The van der Waals surface area contributed by atoms with Crippen LogP contribution in [-0.2, 0) is 4.79 Å². The van der Waals surface area contributed by atoms with Gasteiger partial charge in [-0.2, -0.15) is 0 Å². The van der Waals surface area contributed by atoms with Gasteiger partial charge in [-0.3, -0.25) is 9.59 Å². The molecule has 30 heavy (non-hydrogen) atoms. The Morgan fingerprint density at radius 3 is 2.13 bits per heavy atom. The summed E-state index contributed by atoms with van der Waals surface area (Å²) in [6, 6.07) is 10.9. The van der Waals surface area contributed by atoms with Gasteiger partial charge >= 0.3 is 5.97 Å². The molecule has 0 atom stereocenters. The number of ether oxygens (including phenoxy) is 2. The first-order chi connectivity index (χ1) is 14.4. The van der Waals surface area contributed by atoms with E-state index in [9.17, 15) is 14.4 Å². The molecule has 8 heteroatoms. The molecule has 2 amide bonds. The first kappa shape index (κ1) is 24.5. The fourth-order valence-corrected chi connectivity index (χ4v) is 2.44. The minimum Gasteiger partial charge on any atom is -0.497 e. The van der Waals surface area contributed by atoms with Crippen molar-refractivity contribution in [1.82, 2.24) is 5.32 Å². The lowest BCUT2D eigenvalue weighted by molar-refractivity contribution is -0.116. The molecule has 0 saturated heterocycles. The Morgan fingerprint density at radius 2 is 1.57 bits per heavy atom. The number of anilines is 1. The van der Waals surface area contributed by atoms with E-state index in [2.05, 4.69) is 10.6 Å². The summed E-state index contributed by atoms with van der Waals surface area (Å²) >= 11 is 0. The zero-order chi connectivity index (χ0) is 22.5. The van der Waals surface area contributed by atoms with Crippen molar-refractivity contribution in [2.24, 2.45) is 0 Å². The van der Waals surface area contributed by atoms with Crippen LogP contribution < -0.4 is 20.1 Å². The van der Waals surface area contributed by atoms with Gasteiger partial charge < -0.3 is 25.2 Å². The van der Waals surface area contributed by atoms with Gasteiger partial charge in [0.05, 0.1) is 19.8 Å². The van der Waals surface area contributed by atoms with E-state index >= 15 is 0 Å². The van der Waals surface area contributed by atoms with Crippen LogP contribution in [0.1, 0.15) is 47.4 Å². The SMILES string of the molecule is CC.COc1cc(OC)cc(C(=O)NCCCC(=O)Nc2cccc(C(=O)O)c2)c1. The standard InChI is InChI=1S/C20H22N2O6.C2H6/c1-27-16-10-14(11-17(12-16)28-2)19(24)21-8-4-7-18(23)22-15-6-3-5-13(9-15)20(25)26;1-2/h3,5-6,9-12H,4,7-8H2,1-2H3,(H,21,24)(H,22,23)(H,25,26);1-2H3. The maximum atomic E-state index is 12.2. The summed E-state index contributed by atoms with van der Waals surface area (Å²) < 4.78 is 10.3. The second-order valence-electron chi connectivity index (χ2n) is 5.89. The van der Waals surface area contributed by atoms with E-state index in [1.165, 1.54) is 26.4 Å². The number of hydrogen-bond donors (Lipinski definition) is 3. The quantitative estimate of drug-likeness (QED) is 0.539. The number of carbonyl (C=O) groups is 3. The van der Waals surface area contributed by atoms with Gasteiger partial charge in [0.2, 0.25) is 5.91 Å². The highest BCUT2D eigenvalue weighted by molar-refractivity contribution is 5.95. The Kier molecular flexibility index (Phi) is 10.5. The molecule has 0 radical (unpaired) electrons. The molecule has 0 saturated carbocycles. The minimum absolute atomic E-state index is 0.0961. The summed E-state index contributed by atoms with van der Waals surface area (Å²) in [6.45, 7) is 4.31. The molecule has 2 aromatic rings. The molecule has 3 N–H and O–H groups in total. The highest BCUT2D eigenvalue weighted by Gasteiger charge is 2.10. The van der Waals surface area contributed by atoms with Crippen molar-refractivity contribution in [1.29, 1.82) is 0 Å². The predicted molar refractivity (Wildman–Crippen MR) is 114 cm³/mol. The van der Waals surface area contributed by atoms with Gasteiger partial charge in [-0.1, -0.05) is 19.9 Å². The van der Waals surface area contributed by atoms with Crippen molar-refractivity contribution < 1.29 is 29.0 Å². The van der Waals surface area contributed by atoms with Crippen molar-refractivity contribution in [2.45, 2.75) is 26.7 Å². The number of amides is 2. The van der Waals surface area contributed by atoms with Crippen LogP contribution >= 0.6 is 0 Å². The molecule has 2 aromatic carbocycles. The number of rotatable bonds is 9. The van der Waals surface area contributed by atoms with Gasteiger partial charge in [-0.25, -0.2) is 4.79 Å². The van der Waals surface area contributed by atoms with Gasteiger partial charge in [0, 0.05) is 30.3 Å². The first-order valence-electron chi connectivity index (χ1n) is 9.57.